The summed E-state index contributed by atoms with van der Waals surface area (Å²) in [7, 11) is 0. The molecule has 7 nitrogen and oxygen atoms in total. The normalized spacial score (nSPS) is 12.1. The third-order valence-electron chi connectivity index (χ3n) is 4.49. The summed E-state index contributed by atoms with van der Waals surface area (Å²) in [6.45, 7) is 6.26. The third kappa shape index (κ3) is 5.19. The number of pyridine rings is 1. The van der Waals surface area contributed by atoms with Crippen molar-refractivity contribution < 1.29 is 19.1 Å². The van der Waals surface area contributed by atoms with Gasteiger partial charge in [0.15, 0.2) is 0 Å². The molecule has 2 aromatic rings. The number of nitrogens with one attached hydrogen (secondary N) is 2. The molecule has 1 aromatic carbocycles. The Morgan fingerprint density at radius 1 is 1.37 bits per heavy atom. The number of aliphatic hydroxyl groups excluding tert-OH is 1. The number of aryl methyl sites for hydroxylation is 1. The molecule has 3 N–H and O–H groups in total. The van der Waals surface area contributed by atoms with Crippen molar-refractivity contribution in [2.45, 2.75) is 46.6 Å². The van der Waals surface area contributed by atoms with Gasteiger partial charge in [-0.1, -0.05) is 31.5 Å². The molecule has 0 unspecified atom stereocenters. The molecule has 0 spiro atoms. The Hall–Kier alpha value is -2.42. The molecule has 30 heavy (non-hydrogen) atoms. The van der Waals surface area contributed by atoms with E-state index in [0.717, 1.165) is 5.56 Å². The topological polar surface area (TPSA) is 92.6 Å². The van der Waals surface area contributed by atoms with E-state index in [9.17, 15) is 14.0 Å². The van der Waals surface area contributed by atoms with Crippen LogP contribution >= 0.6 is 11.6 Å². The maximum Gasteiger partial charge on any atom is 0.278 e. The highest BCUT2D eigenvalue weighted by Gasteiger charge is 2.28. The molecule has 1 aromatic heterocycles. The highest BCUT2D eigenvalue weighted by molar-refractivity contribution is 6.34. The Balaban J connectivity index is 0.00000155. The third-order valence-corrected chi connectivity index (χ3v) is 4.84. The second kappa shape index (κ2) is 11.1. The number of carbonyl (C=O) groups excluding carboxylic acids is 1. The molecule has 0 bridgehead atoms. The Bertz CT molecular complexity index is 962. The fraction of sp³-hybridized carbons (Fsp3) is 0.429. The summed E-state index contributed by atoms with van der Waals surface area (Å²) in [5, 5.41) is 11.4. The van der Waals surface area contributed by atoms with Gasteiger partial charge >= 0.3 is 0 Å². The molecule has 1 amide bonds. The van der Waals surface area contributed by atoms with Crippen LogP contribution in [0.5, 0.6) is 0 Å². The molecule has 9 heteroatoms. The van der Waals surface area contributed by atoms with E-state index >= 15 is 0 Å². The van der Waals surface area contributed by atoms with Crippen LogP contribution in [0.2, 0.25) is 5.02 Å². The Labute approximate surface area is 179 Å². The smallest absolute Gasteiger partial charge is 0.278 e. The fourth-order valence-corrected chi connectivity index (χ4v) is 3.40. The summed E-state index contributed by atoms with van der Waals surface area (Å²) in [6.07, 6.45) is 1.56. The molecule has 2 heterocycles. The molecule has 0 saturated carbocycles. The first-order chi connectivity index (χ1) is 14.4. The van der Waals surface area contributed by atoms with Crippen molar-refractivity contribution in [3.63, 3.8) is 0 Å². The number of carbonyl (C=O) groups is 1. The van der Waals surface area contributed by atoms with Gasteiger partial charge in [-0.05, 0) is 43.9 Å². The van der Waals surface area contributed by atoms with Gasteiger partial charge in [0, 0.05) is 18.8 Å². The van der Waals surface area contributed by atoms with Crippen LogP contribution in [-0.2, 0) is 17.8 Å². The van der Waals surface area contributed by atoms with Crippen LogP contribution in [0.1, 0.15) is 48.3 Å². The van der Waals surface area contributed by atoms with E-state index in [0.29, 0.717) is 31.5 Å². The number of hydroxylamine groups is 1. The van der Waals surface area contributed by atoms with Crippen molar-refractivity contribution in [1.29, 1.82) is 0 Å². The maximum atomic E-state index is 14.3. The quantitative estimate of drug-likeness (QED) is 0.451. The highest BCUT2D eigenvalue weighted by atomic mass is 35.5. The number of nitrogens with zero attached hydrogens (tertiary/aromatic N) is 1. The summed E-state index contributed by atoms with van der Waals surface area (Å²) >= 11 is 6.27. The lowest BCUT2D eigenvalue weighted by molar-refractivity contribution is 0.0261. The number of hydrogen-bond acceptors (Lipinski definition) is 5. The van der Waals surface area contributed by atoms with Gasteiger partial charge in [-0.25, -0.2) is 9.87 Å². The summed E-state index contributed by atoms with van der Waals surface area (Å²) in [4.78, 5) is 30.4. The number of amides is 1. The van der Waals surface area contributed by atoms with E-state index in [4.69, 9.17) is 21.5 Å². The van der Waals surface area contributed by atoms with Gasteiger partial charge in [0.25, 0.3) is 11.5 Å². The lowest BCUT2D eigenvalue weighted by Gasteiger charge is -2.18. The second-order valence-corrected chi connectivity index (χ2v) is 6.91. The molecule has 164 valence electrons. The molecule has 0 aliphatic carbocycles. The number of benzene rings is 1. The van der Waals surface area contributed by atoms with E-state index in [-0.39, 0.29) is 35.2 Å². The van der Waals surface area contributed by atoms with E-state index in [2.05, 4.69) is 10.8 Å². The minimum Gasteiger partial charge on any atom is -0.396 e. The summed E-state index contributed by atoms with van der Waals surface area (Å²) in [5.41, 5.74) is 3.42. The van der Waals surface area contributed by atoms with Crippen molar-refractivity contribution in [2.24, 2.45) is 0 Å². The standard InChI is InChI=1S/C19H21ClFN3O4.C2H6/c1-11-5-6-13(12(21)10-11)22-17-15(18(26)23-28-9-3-8-25)14-4-2-7-24(14)19(27)16(17)20;1-2/h5-6,10,22,25H,2-4,7-9H2,1H3,(H,23,26);1-2H3. The van der Waals surface area contributed by atoms with Gasteiger partial charge in [-0.2, -0.15) is 0 Å². The van der Waals surface area contributed by atoms with E-state index < -0.39 is 17.3 Å². The molecule has 1 aliphatic rings. The van der Waals surface area contributed by atoms with Crippen LogP contribution in [-0.4, -0.2) is 28.8 Å². The van der Waals surface area contributed by atoms with Crippen LogP contribution in [0, 0.1) is 12.7 Å². The summed E-state index contributed by atoms with van der Waals surface area (Å²) in [6, 6.07) is 4.57. The number of halogens is 2. The summed E-state index contributed by atoms with van der Waals surface area (Å²) < 4.78 is 15.8. The molecule has 1 aliphatic heterocycles. The fourth-order valence-electron chi connectivity index (χ4n) is 3.16. The largest absolute Gasteiger partial charge is 0.396 e. The molecule has 0 fully saturated rings. The SMILES string of the molecule is CC.Cc1ccc(Nc2c(C(=O)NOCCCO)c3n(c(=O)c2Cl)CCC3)c(F)c1. The zero-order valence-electron chi connectivity index (χ0n) is 17.3. The predicted molar refractivity (Wildman–Crippen MR) is 115 cm³/mol. The monoisotopic (exact) mass is 439 g/mol. The number of anilines is 2. The second-order valence-electron chi connectivity index (χ2n) is 6.54. The van der Waals surface area contributed by atoms with Crippen molar-refractivity contribution >= 4 is 28.9 Å². The van der Waals surface area contributed by atoms with Crippen molar-refractivity contribution in [2.75, 3.05) is 18.5 Å². The van der Waals surface area contributed by atoms with Crippen LogP contribution in [0.15, 0.2) is 23.0 Å². The number of aliphatic hydroxyl groups is 1. The number of rotatable bonds is 7. The van der Waals surface area contributed by atoms with Crippen LogP contribution in [0.25, 0.3) is 0 Å². The number of hydrogen-bond donors (Lipinski definition) is 3. The summed E-state index contributed by atoms with van der Waals surface area (Å²) in [5.74, 6) is -1.12. The maximum absolute atomic E-state index is 14.3. The first-order valence-electron chi connectivity index (χ1n) is 9.95. The lowest BCUT2D eigenvalue weighted by Crippen LogP contribution is -2.31. The first-order valence-corrected chi connectivity index (χ1v) is 10.3. The van der Waals surface area contributed by atoms with Crippen molar-refractivity contribution in [1.82, 2.24) is 10.0 Å². The van der Waals surface area contributed by atoms with Crippen LogP contribution in [0.4, 0.5) is 15.8 Å². The highest BCUT2D eigenvalue weighted by Crippen LogP contribution is 2.33. The van der Waals surface area contributed by atoms with Gasteiger partial charge in [0.05, 0.1) is 23.5 Å². The Morgan fingerprint density at radius 2 is 2.10 bits per heavy atom. The predicted octanol–water partition coefficient (Wildman–Crippen LogP) is 3.71. The minimum absolute atomic E-state index is 0.0471. The van der Waals surface area contributed by atoms with Crippen molar-refractivity contribution in [3.05, 3.63) is 56.2 Å². The molecule has 0 radical (unpaired) electrons. The average molecular weight is 440 g/mol. The molecule has 0 saturated heterocycles. The molecule has 3 rings (SSSR count). The first kappa shape index (κ1) is 23.9. The van der Waals surface area contributed by atoms with Gasteiger partial charge < -0.3 is 15.0 Å². The van der Waals surface area contributed by atoms with Crippen molar-refractivity contribution in [3.8, 4) is 0 Å². The van der Waals surface area contributed by atoms with Gasteiger partial charge in [0.1, 0.15) is 10.8 Å². The van der Waals surface area contributed by atoms with Crippen LogP contribution in [0.3, 0.4) is 0 Å². The molecule has 0 atom stereocenters. The Morgan fingerprint density at radius 3 is 2.77 bits per heavy atom. The zero-order chi connectivity index (χ0) is 22.3. The Kier molecular flexibility index (Phi) is 8.83. The molecular weight excluding hydrogens is 413 g/mol. The number of aromatic nitrogens is 1. The van der Waals surface area contributed by atoms with E-state index in [1.54, 1.807) is 13.0 Å². The van der Waals surface area contributed by atoms with Crippen LogP contribution < -0.4 is 16.4 Å². The average Bonchev–Trinajstić information content (AvgIpc) is 3.22. The van der Waals surface area contributed by atoms with E-state index in [1.165, 1.54) is 16.7 Å². The zero-order valence-corrected chi connectivity index (χ0v) is 18.1. The molecular formula is C21H27ClFN3O4. The minimum atomic E-state index is -0.597. The van der Waals surface area contributed by atoms with Gasteiger partial charge in [-0.3, -0.25) is 14.4 Å². The lowest BCUT2D eigenvalue weighted by atomic mass is 10.1. The van der Waals surface area contributed by atoms with Gasteiger partial charge in [-0.15, -0.1) is 0 Å². The number of fused-ring (bicyclic) bond motifs is 1. The van der Waals surface area contributed by atoms with E-state index in [1.807, 2.05) is 13.8 Å². The van der Waals surface area contributed by atoms with Gasteiger partial charge in [0.2, 0.25) is 0 Å².